The van der Waals surface area contributed by atoms with Gasteiger partial charge in [-0.1, -0.05) is 24.9 Å². The minimum atomic E-state index is 0.548. The molecule has 0 N–H and O–H groups in total. The average Bonchev–Trinajstić information content (AvgIpc) is 3.30. The van der Waals surface area contributed by atoms with Crippen molar-refractivity contribution >= 4 is 0 Å². The van der Waals surface area contributed by atoms with E-state index in [1.54, 1.807) is 14.2 Å². The molecule has 0 aliphatic heterocycles. The summed E-state index contributed by atoms with van der Waals surface area (Å²) in [5.41, 5.74) is 0.803. The number of nitrogens with zero attached hydrogens (tertiary/aromatic N) is 3. The van der Waals surface area contributed by atoms with E-state index in [-0.39, 0.29) is 0 Å². The minimum absolute atomic E-state index is 0.548. The van der Waals surface area contributed by atoms with E-state index in [0.29, 0.717) is 30.1 Å². The Morgan fingerprint density at radius 1 is 1.21 bits per heavy atom. The number of aromatic nitrogens is 2. The van der Waals surface area contributed by atoms with Gasteiger partial charge < -0.3 is 14.0 Å². The Morgan fingerprint density at radius 3 is 2.67 bits per heavy atom. The van der Waals surface area contributed by atoms with Crippen molar-refractivity contribution < 1.29 is 14.0 Å². The molecule has 1 heterocycles. The van der Waals surface area contributed by atoms with Crippen LogP contribution in [0.4, 0.5) is 0 Å². The standard InChI is InChI=1S/C18H25N3O3/c1-4-21(13-7-5-6-8-13)12-17-19-18(20-24-17)15-10-9-14(22-2)11-16(15)23-3/h9-11,13H,4-8,12H2,1-3H3. The van der Waals surface area contributed by atoms with Crippen molar-refractivity contribution in [2.75, 3.05) is 20.8 Å². The summed E-state index contributed by atoms with van der Waals surface area (Å²) in [6.07, 6.45) is 5.17. The van der Waals surface area contributed by atoms with Crippen LogP contribution in [-0.2, 0) is 6.54 Å². The molecule has 24 heavy (non-hydrogen) atoms. The molecule has 1 aromatic heterocycles. The molecule has 3 rings (SSSR count). The van der Waals surface area contributed by atoms with E-state index in [4.69, 9.17) is 14.0 Å². The molecule has 6 nitrogen and oxygen atoms in total. The van der Waals surface area contributed by atoms with Crippen LogP contribution in [0.15, 0.2) is 22.7 Å². The summed E-state index contributed by atoms with van der Waals surface area (Å²) in [4.78, 5) is 6.99. The van der Waals surface area contributed by atoms with Gasteiger partial charge in [0.1, 0.15) is 11.5 Å². The molecule has 1 fully saturated rings. The number of hydrogen-bond donors (Lipinski definition) is 0. The fourth-order valence-electron chi connectivity index (χ4n) is 3.35. The predicted molar refractivity (Wildman–Crippen MR) is 91.2 cm³/mol. The van der Waals surface area contributed by atoms with Crippen LogP contribution >= 0.6 is 0 Å². The van der Waals surface area contributed by atoms with Gasteiger partial charge in [0.15, 0.2) is 0 Å². The Hall–Kier alpha value is -2.08. The first-order chi connectivity index (χ1) is 11.7. The first-order valence-corrected chi connectivity index (χ1v) is 8.54. The van der Waals surface area contributed by atoms with Crippen LogP contribution in [0.5, 0.6) is 11.5 Å². The van der Waals surface area contributed by atoms with Gasteiger partial charge >= 0.3 is 0 Å². The fourth-order valence-corrected chi connectivity index (χ4v) is 3.35. The third kappa shape index (κ3) is 3.53. The van der Waals surface area contributed by atoms with E-state index >= 15 is 0 Å². The first-order valence-electron chi connectivity index (χ1n) is 8.54. The minimum Gasteiger partial charge on any atom is -0.497 e. The van der Waals surface area contributed by atoms with Crippen LogP contribution in [0, 0.1) is 0 Å². The van der Waals surface area contributed by atoms with Gasteiger partial charge in [-0.05, 0) is 31.5 Å². The largest absolute Gasteiger partial charge is 0.497 e. The molecule has 1 saturated carbocycles. The highest BCUT2D eigenvalue weighted by Crippen LogP contribution is 2.32. The fraction of sp³-hybridized carbons (Fsp3) is 0.556. The third-order valence-electron chi connectivity index (χ3n) is 4.70. The molecule has 0 spiro atoms. The number of rotatable bonds is 7. The molecule has 130 valence electrons. The van der Waals surface area contributed by atoms with Crippen molar-refractivity contribution in [2.45, 2.75) is 45.2 Å². The molecular formula is C18H25N3O3. The monoisotopic (exact) mass is 331 g/mol. The molecule has 1 aliphatic rings. The van der Waals surface area contributed by atoms with Crippen molar-refractivity contribution in [3.8, 4) is 22.9 Å². The Kier molecular flexibility index (Phi) is 5.35. The van der Waals surface area contributed by atoms with Crippen LogP contribution in [0.3, 0.4) is 0 Å². The Morgan fingerprint density at radius 2 is 2.00 bits per heavy atom. The molecular weight excluding hydrogens is 306 g/mol. The Labute approximate surface area is 142 Å². The summed E-state index contributed by atoms with van der Waals surface area (Å²) in [6, 6.07) is 6.22. The number of benzene rings is 1. The van der Waals surface area contributed by atoms with E-state index < -0.39 is 0 Å². The number of methoxy groups -OCH3 is 2. The second kappa shape index (κ2) is 7.66. The second-order valence-electron chi connectivity index (χ2n) is 6.08. The summed E-state index contributed by atoms with van der Waals surface area (Å²) < 4.78 is 16.1. The summed E-state index contributed by atoms with van der Waals surface area (Å²) >= 11 is 0. The highest BCUT2D eigenvalue weighted by atomic mass is 16.5. The highest BCUT2D eigenvalue weighted by molar-refractivity contribution is 5.65. The van der Waals surface area contributed by atoms with Gasteiger partial charge in [0.05, 0.1) is 26.3 Å². The lowest BCUT2D eigenvalue weighted by Crippen LogP contribution is -2.32. The molecule has 0 amide bonds. The zero-order valence-electron chi connectivity index (χ0n) is 14.6. The summed E-state index contributed by atoms with van der Waals surface area (Å²) in [7, 11) is 3.25. The zero-order chi connectivity index (χ0) is 16.9. The van der Waals surface area contributed by atoms with Crippen LogP contribution in [-0.4, -0.2) is 41.8 Å². The Balaban J connectivity index is 1.77. The molecule has 1 aromatic carbocycles. The topological polar surface area (TPSA) is 60.6 Å². The molecule has 2 aromatic rings. The van der Waals surface area contributed by atoms with Gasteiger partial charge in [0, 0.05) is 12.1 Å². The van der Waals surface area contributed by atoms with Crippen molar-refractivity contribution in [2.24, 2.45) is 0 Å². The molecule has 6 heteroatoms. The van der Waals surface area contributed by atoms with Gasteiger partial charge in [-0.2, -0.15) is 4.98 Å². The number of hydrogen-bond acceptors (Lipinski definition) is 6. The first kappa shape index (κ1) is 16.8. The summed E-state index contributed by atoms with van der Waals surface area (Å²) in [5, 5.41) is 4.13. The van der Waals surface area contributed by atoms with Gasteiger partial charge in [-0.25, -0.2) is 0 Å². The maximum absolute atomic E-state index is 5.48. The number of ether oxygens (including phenoxy) is 2. The van der Waals surface area contributed by atoms with Crippen LogP contribution in [0.2, 0.25) is 0 Å². The molecule has 0 bridgehead atoms. The Bertz CT molecular complexity index is 665. The van der Waals surface area contributed by atoms with Gasteiger partial charge in [-0.3, -0.25) is 4.90 Å². The van der Waals surface area contributed by atoms with Crippen molar-refractivity contribution in [3.63, 3.8) is 0 Å². The van der Waals surface area contributed by atoms with Gasteiger partial charge in [-0.15, -0.1) is 0 Å². The van der Waals surface area contributed by atoms with Crippen LogP contribution in [0.1, 0.15) is 38.5 Å². The van der Waals surface area contributed by atoms with E-state index in [1.807, 2.05) is 18.2 Å². The quantitative estimate of drug-likeness (QED) is 0.773. The lowest BCUT2D eigenvalue weighted by molar-refractivity contribution is 0.175. The lowest BCUT2D eigenvalue weighted by Gasteiger charge is -2.25. The molecule has 0 atom stereocenters. The van der Waals surface area contributed by atoms with E-state index in [0.717, 1.165) is 17.9 Å². The van der Waals surface area contributed by atoms with Crippen molar-refractivity contribution in [1.29, 1.82) is 0 Å². The SMILES string of the molecule is CCN(Cc1nc(-c2ccc(OC)cc2OC)no1)C1CCCC1. The van der Waals surface area contributed by atoms with Gasteiger partial charge in [0.2, 0.25) is 11.7 Å². The summed E-state index contributed by atoms with van der Waals surface area (Å²) in [5.74, 6) is 2.60. The van der Waals surface area contributed by atoms with E-state index in [9.17, 15) is 0 Å². The molecule has 0 saturated heterocycles. The van der Waals surface area contributed by atoms with E-state index in [2.05, 4.69) is 22.0 Å². The smallest absolute Gasteiger partial charge is 0.241 e. The second-order valence-corrected chi connectivity index (χ2v) is 6.08. The average molecular weight is 331 g/mol. The molecule has 0 radical (unpaired) electrons. The predicted octanol–water partition coefficient (Wildman–Crippen LogP) is 3.52. The normalized spacial score (nSPS) is 15.2. The van der Waals surface area contributed by atoms with Gasteiger partial charge in [0.25, 0.3) is 0 Å². The maximum Gasteiger partial charge on any atom is 0.241 e. The molecule has 0 unspecified atom stereocenters. The van der Waals surface area contributed by atoms with Crippen LogP contribution < -0.4 is 9.47 Å². The highest BCUT2D eigenvalue weighted by Gasteiger charge is 2.23. The van der Waals surface area contributed by atoms with E-state index in [1.165, 1.54) is 25.7 Å². The zero-order valence-corrected chi connectivity index (χ0v) is 14.6. The van der Waals surface area contributed by atoms with Crippen molar-refractivity contribution in [3.05, 3.63) is 24.1 Å². The van der Waals surface area contributed by atoms with Crippen LogP contribution in [0.25, 0.3) is 11.4 Å². The maximum atomic E-state index is 5.48. The third-order valence-corrected chi connectivity index (χ3v) is 4.70. The molecule has 1 aliphatic carbocycles. The lowest BCUT2D eigenvalue weighted by atomic mass is 10.2. The van der Waals surface area contributed by atoms with Crippen molar-refractivity contribution in [1.82, 2.24) is 15.0 Å². The summed E-state index contributed by atoms with van der Waals surface area (Å²) in [6.45, 7) is 3.88.